The standard InChI is InChI=1S/C22H29N3O5/c1-13(2)19(21(28)29-12-18(26)23-17-11-14(3)30-25-17)24-20(27)15-7-9-16(10-8-15)22(4,5)6/h7-11,13,19H,12H2,1-6H3,(H,24,27)(H,23,25,26)/t19-/m0/s1. The van der Waals surface area contributed by atoms with E-state index in [9.17, 15) is 14.4 Å². The second-order valence-corrected chi connectivity index (χ2v) is 8.50. The number of benzene rings is 1. The number of carbonyl (C=O) groups is 3. The summed E-state index contributed by atoms with van der Waals surface area (Å²) in [5.41, 5.74) is 1.53. The van der Waals surface area contributed by atoms with E-state index >= 15 is 0 Å². The maximum absolute atomic E-state index is 12.6. The second kappa shape index (κ2) is 9.56. The largest absolute Gasteiger partial charge is 0.454 e. The highest BCUT2D eigenvalue weighted by molar-refractivity contribution is 5.97. The Morgan fingerprint density at radius 1 is 1.13 bits per heavy atom. The lowest BCUT2D eigenvalue weighted by molar-refractivity contribution is -0.150. The van der Waals surface area contributed by atoms with E-state index in [2.05, 4.69) is 36.6 Å². The van der Waals surface area contributed by atoms with Crippen LogP contribution in [0.4, 0.5) is 5.82 Å². The molecule has 0 aliphatic rings. The average Bonchev–Trinajstić information content (AvgIpc) is 3.07. The minimum absolute atomic E-state index is 0.0233. The smallest absolute Gasteiger partial charge is 0.329 e. The number of nitrogens with one attached hydrogen (secondary N) is 2. The van der Waals surface area contributed by atoms with Crippen molar-refractivity contribution in [1.82, 2.24) is 10.5 Å². The second-order valence-electron chi connectivity index (χ2n) is 8.50. The van der Waals surface area contributed by atoms with Crippen LogP contribution in [0.15, 0.2) is 34.9 Å². The molecule has 0 fully saturated rings. The third-order valence-electron chi connectivity index (χ3n) is 4.46. The number of ether oxygens (including phenoxy) is 1. The summed E-state index contributed by atoms with van der Waals surface area (Å²) in [6, 6.07) is 7.91. The van der Waals surface area contributed by atoms with Crippen molar-refractivity contribution < 1.29 is 23.6 Å². The zero-order chi connectivity index (χ0) is 22.5. The van der Waals surface area contributed by atoms with Crippen molar-refractivity contribution >= 4 is 23.6 Å². The summed E-state index contributed by atoms with van der Waals surface area (Å²) in [6.45, 7) is 11.0. The quantitative estimate of drug-likeness (QED) is 0.672. The topological polar surface area (TPSA) is 111 Å². The molecule has 0 spiro atoms. The zero-order valence-corrected chi connectivity index (χ0v) is 18.2. The molecule has 1 aromatic heterocycles. The van der Waals surface area contributed by atoms with Gasteiger partial charge in [-0.3, -0.25) is 9.59 Å². The van der Waals surface area contributed by atoms with Crippen LogP contribution in [-0.2, 0) is 19.7 Å². The Morgan fingerprint density at radius 2 is 1.77 bits per heavy atom. The van der Waals surface area contributed by atoms with Crippen molar-refractivity contribution in [1.29, 1.82) is 0 Å². The van der Waals surface area contributed by atoms with Crippen molar-refractivity contribution in [3.8, 4) is 0 Å². The summed E-state index contributed by atoms with van der Waals surface area (Å²) in [6.07, 6.45) is 0. The molecular weight excluding hydrogens is 386 g/mol. The fraction of sp³-hybridized carbons (Fsp3) is 0.455. The molecule has 0 aliphatic carbocycles. The maximum Gasteiger partial charge on any atom is 0.329 e. The SMILES string of the molecule is Cc1cc(NC(=O)COC(=O)[C@@H](NC(=O)c2ccc(C(C)(C)C)cc2)C(C)C)no1. The van der Waals surface area contributed by atoms with Crippen LogP contribution in [-0.4, -0.2) is 35.6 Å². The first-order valence-electron chi connectivity index (χ1n) is 9.78. The summed E-state index contributed by atoms with van der Waals surface area (Å²) in [5, 5.41) is 8.79. The first-order valence-corrected chi connectivity index (χ1v) is 9.78. The van der Waals surface area contributed by atoms with Crippen LogP contribution in [0.2, 0.25) is 0 Å². The van der Waals surface area contributed by atoms with Crippen LogP contribution < -0.4 is 10.6 Å². The third kappa shape index (κ3) is 6.43. The molecule has 2 rings (SSSR count). The van der Waals surface area contributed by atoms with E-state index in [1.807, 2.05) is 12.1 Å². The van der Waals surface area contributed by atoms with Gasteiger partial charge in [0.05, 0.1) is 0 Å². The van der Waals surface area contributed by atoms with Crippen molar-refractivity contribution in [3.05, 3.63) is 47.2 Å². The Bertz CT molecular complexity index is 894. The lowest BCUT2D eigenvalue weighted by atomic mass is 9.86. The van der Waals surface area contributed by atoms with Gasteiger partial charge in [-0.25, -0.2) is 4.79 Å². The molecule has 0 saturated heterocycles. The normalized spacial score (nSPS) is 12.4. The number of carbonyl (C=O) groups excluding carboxylic acids is 3. The molecule has 0 saturated carbocycles. The molecule has 30 heavy (non-hydrogen) atoms. The minimum atomic E-state index is -0.887. The monoisotopic (exact) mass is 415 g/mol. The van der Waals surface area contributed by atoms with Gasteiger partial charge in [0.15, 0.2) is 12.4 Å². The molecule has 2 N–H and O–H groups in total. The van der Waals surface area contributed by atoms with Crippen molar-refractivity contribution in [2.75, 3.05) is 11.9 Å². The molecule has 2 amide bonds. The molecular formula is C22H29N3O5. The van der Waals surface area contributed by atoms with Crippen LogP contribution in [0.3, 0.4) is 0 Å². The van der Waals surface area contributed by atoms with E-state index in [0.29, 0.717) is 11.3 Å². The first kappa shape index (κ1) is 23.1. The van der Waals surface area contributed by atoms with E-state index in [1.165, 1.54) is 0 Å². The fourth-order valence-corrected chi connectivity index (χ4v) is 2.67. The van der Waals surface area contributed by atoms with E-state index < -0.39 is 24.5 Å². The van der Waals surface area contributed by atoms with Gasteiger partial charge in [0, 0.05) is 11.6 Å². The van der Waals surface area contributed by atoms with E-state index in [4.69, 9.17) is 9.26 Å². The number of nitrogens with zero attached hydrogens (tertiary/aromatic N) is 1. The van der Waals surface area contributed by atoms with Crippen LogP contribution in [0.25, 0.3) is 0 Å². The maximum atomic E-state index is 12.6. The van der Waals surface area contributed by atoms with Gasteiger partial charge in [-0.15, -0.1) is 0 Å². The van der Waals surface area contributed by atoms with E-state index in [1.54, 1.807) is 39.0 Å². The van der Waals surface area contributed by atoms with Gasteiger partial charge in [0.1, 0.15) is 11.8 Å². The summed E-state index contributed by atoms with van der Waals surface area (Å²) < 4.78 is 9.94. The average molecular weight is 415 g/mol. The Morgan fingerprint density at radius 3 is 2.27 bits per heavy atom. The van der Waals surface area contributed by atoms with Gasteiger partial charge in [0.2, 0.25) is 0 Å². The lowest BCUT2D eigenvalue weighted by Gasteiger charge is -2.21. The number of anilines is 1. The molecule has 8 heteroatoms. The number of hydrogen-bond donors (Lipinski definition) is 2. The van der Waals surface area contributed by atoms with Gasteiger partial charge in [-0.2, -0.15) is 0 Å². The highest BCUT2D eigenvalue weighted by Gasteiger charge is 2.27. The van der Waals surface area contributed by atoms with E-state index in [0.717, 1.165) is 5.56 Å². The molecule has 162 valence electrons. The van der Waals surface area contributed by atoms with Gasteiger partial charge >= 0.3 is 5.97 Å². The Hall–Kier alpha value is -3.16. The lowest BCUT2D eigenvalue weighted by Crippen LogP contribution is -2.46. The molecule has 0 aliphatic heterocycles. The van der Waals surface area contributed by atoms with Crippen LogP contribution in [0.5, 0.6) is 0 Å². The molecule has 2 aromatic rings. The van der Waals surface area contributed by atoms with Crippen LogP contribution in [0, 0.1) is 12.8 Å². The molecule has 1 aromatic carbocycles. The number of rotatable bonds is 7. The van der Waals surface area contributed by atoms with Crippen LogP contribution >= 0.6 is 0 Å². The summed E-state index contributed by atoms with van der Waals surface area (Å²) in [7, 11) is 0. The number of amides is 2. The van der Waals surface area contributed by atoms with Crippen molar-refractivity contribution in [2.24, 2.45) is 5.92 Å². The Balaban J connectivity index is 1.94. The predicted molar refractivity (Wildman–Crippen MR) is 112 cm³/mol. The van der Waals surface area contributed by atoms with Gasteiger partial charge < -0.3 is 19.9 Å². The predicted octanol–water partition coefficient (Wildman–Crippen LogP) is 3.22. The first-order chi connectivity index (χ1) is 14.0. The summed E-state index contributed by atoms with van der Waals surface area (Å²) in [5.74, 6) is -1.06. The molecule has 1 atom stereocenters. The highest BCUT2D eigenvalue weighted by atomic mass is 16.5. The van der Waals surface area contributed by atoms with Crippen LogP contribution in [0.1, 0.15) is 56.3 Å². The third-order valence-corrected chi connectivity index (χ3v) is 4.46. The molecule has 1 heterocycles. The summed E-state index contributed by atoms with van der Waals surface area (Å²) >= 11 is 0. The van der Waals surface area contributed by atoms with E-state index in [-0.39, 0.29) is 23.1 Å². The highest BCUT2D eigenvalue weighted by Crippen LogP contribution is 2.22. The number of hydrogen-bond acceptors (Lipinski definition) is 6. The molecule has 0 unspecified atom stereocenters. The number of aryl methyl sites for hydroxylation is 1. The van der Waals surface area contributed by atoms with Gasteiger partial charge in [0.25, 0.3) is 11.8 Å². The Labute approximate surface area is 176 Å². The van der Waals surface area contributed by atoms with Crippen molar-refractivity contribution in [3.63, 3.8) is 0 Å². The number of esters is 1. The van der Waals surface area contributed by atoms with Gasteiger partial charge in [-0.1, -0.05) is 51.9 Å². The van der Waals surface area contributed by atoms with Gasteiger partial charge in [-0.05, 0) is 36.0 Å². The summed E-state index contributed by atoms with van der Waals surface area (Å²) in [4.78, 5) is 37.0. The minimum Gasteiger partial charge on any atom is -0.454 e. The number of aromatic nitrogens is 1. The zero-order valence-electron chi connectivity index (χ0n) is 18.2. The Kier molecular flexibility index (Phi) is 7.37. The fourth-order valence-electron chi connectivity index (χ4n) is 2.67. The molecule has 0 bridgehead atoms. The molecule has 0 radical (unpaired) electrons. The molecule has 8 nitrogen and oxygen atoms in total. The van der Waals surface area contributed by atoms with Crippen molar-refractivity contribution in [2.45, 2.75) is 53.0 Å².